The first-order valence-electron chi connectivity index (χ1n) is 6.67. The number of aromatic nitrogens is 2. The standard InChI is InChI=1S/C16H18N2O3/c1-10-5-6-11(2)12(7-10)8-14(19)13-9-17(3)16(21)18(4)15(13)20/h5-7,9H,8H2,1-4H3. The Hall–Kier alpha value is -2.43. The van der Waals surface area contributed by atoms with Gasteiger partial charge in [0.2, 0.25) is 0 Å². The van der Waals surface area contributed by atoms with Crippen LogP contribution in [0.2, 0.25) is 0 Å². The molecule has 0 aliphatic rings. The molecule has 2 rings (SSSR count). The van der Waals surface area contributed by atoms with Gasteiger partial charge < -0.3 is 4.57 Å². The van der Waals surface area contributed by atoms with Crippen molar-refractivity contribution >= 4 is 5.78 Å². The molecule has 0 atom stereocenters. The SMILES string of the molecule is Cc1ccc(C)c(CC(=O)c2cn(C)c(=O)n(C)c2=O)c1. The first-order chi connectivity index (χ1) is 9.81. The molecule has 2 aromatic rings. The minimum atomic E-state index is -0.548. The highest BCUT2D eigenvalue weighted by Crippen LogP contribution is 2.13. The topological polar surface area (TPSA) is 61.1 Å². The van der Waals surface area contributed by atoms with Crippen LogP contribution in [0.5, 0.6) is 0 Å². The molecule has 0 aliphatic heterocycles. The van der Waals surface area contributed by atoms with Gasteiger partial charge in [-0.25, -0.2) is 4.79 Å². The second-order valence-corrected chi connectivity index (χ2v) is 5.33. The summed E-state index contributed by atoms with van der Waals surface area (Å²) in [6.07, 6.45) is 1.47. The zero-order chi connectivity index (χ0) is 15.7. The zero-order valence-electron chi connectivity index (χ0n) is 12.6. The van der Waals surface area contributed by atoms with Gasteiger partial charge in [0.1, 0.15) is 0 Å². The van der Waals surface area contributed by atoms with Crippen LogP contribution in [0, 0.1) is 13.8 Å². The summed E-state index contributed by atoms with van der Waals surface area (Å²) in [5.74, 6) is -0.278. The molecule has 0 fully saturated rings. The Morgan fingerprint density at radius 3 is 2.48 bits per heavy atom. The number of nitrogens with zero attached hydrogens (tertiary/aromatic N) is 2. The number of Topliss-reactive ketones (excluding diaryl/α,β-unsaturated/α-hetero) is 1. The van der Waals surface area contributed by atoms with Gasteiger partial charge in [0.25, 0.3) is 5.56 Å². The summed E-state index contributed by atoms with van der Waals surface area (Å²) in [5.41, 5.74) is 2.03. The fourth-order valence-corrected chi connectivity index (χ4v) is 2.26. The monoisotopic (exact) mass is 286 g/mol. The molecule has 0 bridgehead atoms. The molecule has 0 saturated heterocycles. The van der Waals surface area contributed by atoms with Crippen LogP contribution in [-0.4, -0.2) is 14.9 Å². The van der Waals surface area contributed by atoms with E-state index in [0.29, 0.717) is 0 Å². The van der Waals surface area contributed by atoms with Gasteiger partial charge >= 0.3 is 5.69 Å². The summed E-state index contributed by atoms with van der Waals surface area (Å²) in [4.78, 5) is 36.1. The van der Waals surface area contributed by atoms with Crippen molar-refractivity contribution in [2.75, 3.05) is 0 Å². The van der Waals surface area contributed by atoms with Crippen LogP contribution in [0.1, 0.15) is 27.0 Å². The molecule has 5 nitrogen and oxygen atoms in total. The van der Waals surface area contributed by atoms with Gasteiger partial charge in [-0.1, -0.05) is 23.8 Å². The Bertz CT molecular complexity index is 828. The van der Waals surface area contributed by atoms with Crippen molar-refractivity contribution in [3.8, 4) is 0 Å². The van der Waals surface area contributed by atoms with Crippen molar-refractivity contribution in [3.05, 3.63) is 67.5 Å². The molecule has 21 heavy (non-hydrogen) atoms. The van der Waals surface area contributed by atoms with Crippen molar-refractivity contribution in [2.45, 2.75) is 20.3 Å². The maximum Gasteiger partial charge on any atom is 0.330 e. The van der Waals surface area contributed by atoms with Crippen LogP contribution in [0.4, 0.5) is 0 Å². The molecule has 0 spiro atoms. The van der Waals surface area contributed by atoms with Crippen LogP contribution in [0.15, 0.2) is 34.0 Å². The highest BCUT2D eigenvalue weighted by Gasteiger charge is 2.16. The van der Waals surface area contributed by atoms with E-state index in [1.54, 1.807) is 0 Å². The third-order valence-electron chi connectivity index (χ3n) is 3.60. The lowest BCUT2D eigenvalue weighted by Crippen LogP contribution is -2.39. The fraction of sp³-hybridized carbons (Fsp3) is 0.312. The number of aryl methyl sites for hydroxylation is 3. The zero-order valence-corrected chi connectivity index (χ0v) is 12.6. The average molecular weight is 286 g/mol. The first kappa shape index (κ1) is 15.0. The number of rotatable bonds is 3. The number of carbonyl (C=O) groups is 1. The van der Waals surface area contributed by atoms with Gasteiger partial charge in [-0.05, 0) is 25.0 Å². The number of ketones is 1. The number of hydrogen-bond acceptors (Lipinski definition) is 3. The van der Waals surface area contributed by atoms with E-state index in [0.717, 1.165) is 21.3 Å². The third-order valence-corrected chi connectivity index (χ3v) is 3.60. The summed E-state index contributed by atoms with van der Waals surface area (Å²) in [7, 11) is 2.90. The molecular weight excluding hydrogens is 268 g/mol. The summed E-state index contributed by atoms with van der Waals surface area (Å²) in [5, 5.41) is 0. The number of carbonyl (C=O) groups excluding carboxylic acids is 1. The lowest BCUT2D eigenvalue weighted by atomic mass is 9.99. The van der Waals surface area contributed by atoms with Crippen molar-refractivity contribution in [3.63, 3.8) is 0 Å². The van der Waals surface area contributed by atoms with Crippen LogP contribution < -0.4 is 11.2 Å². The lowest BCUT2D eigenvalue weighted by molar-refractivity contribution is 0.0989. The van der Waals surface area contributed by atoms with Gasteiger partial charge in [-0.3, -0.25) is 14.2 Å². The van der Waals surface area contributed by atoms with E-state index < -0.39 is 11.2 Å². The Balaban J connectivity index is 2.44. The maximum atomic E-state index is 12.4. The third kappa shape index (κ3) is 2.86. The lowest BCUT2D eigenvalue weighted by Gasteiger charge is -2.08. The molecule has 0 N–H and O–H groups in total. The van der Waals surface area contributed by atoms with Crippen molar-refractivity contribution in [1.29, 1.82) is 0 Å². The summed E-state index contributed by atoms with van der Waals surface area (Å²) < 4.78 is 2.20. The maximum absolute atomic E-state index is 12.4. The summed E-state index contributed by atoms with van der Waals surface area (Å²) in [6, 6.07) is 5.88. The quantitative estimate of drug-likeness (QED) is 0.795. The van der Waals surface area contributed by atoms with E-state index in [-0.39, 0.29) is 17.8 Å². The summed E-state index contributed by atoms with van der Waals surface area (Å²) in [6.45, 7) is 3.89. The average Bonchev–Trinajstić information content (AvgIpc) is 2.44. The highest BCUT2D eigenvalue weighted by molar-refractivity contribution is 5.97. The van der Waals surface area contributed by atoms with E-state index in [2.05, 4.69) is 0 Å². The number of hydrogen-bond donors (Lipinski definition) is 0. The van der Waals surface area contributed by atoms with E-state index in [9.17, 15) is 14.4 Å². The molecular formula is C16H18N2O3. The molecule has 1 aromatic heterocycles. The summed E-state index contributed by atoms with van der Waals surface area (Å²) >= 11 is 0. The van der Waals surface area contributed by atoms with Crippen LogP contribution in [0.25, 0.3) is 0 Å². The van der Waals surface area contributed by atoms with Crippen molar-refractivity contribution in [1.82, 2.24) is 9.13 Å². The molecule has 1 aromatic carbocycles. The molecule has 0 saturated carbocycles. The Labute approximate surface area is 122 Å². The Morgan fingerprint density at radius 1 is 1.14 bits per heavy atom. The smallest absolute Gasteiger partial charge is 0.303 e. The van der Waals surface area contributed by atoms with E-state index in [1.807, 2.05) is 32.0 Å². The second-order valence-electron chi connectivity index (χ2n) is 5.33. The fourth-order valence-electron chi connectivity index (χ4n) is 2.26. The van der Waals surface area contributed by atoms with Crippen LogP contribution >= 0.6 is 0 Å². The normalized spacial score (nSPS) is 10.7. The minimum absolute atomic E-state index is 0.0421. The molecule has 5 heteroatoms. The van der Waals surface area contributed by atoms with E-state index >= 15 is 0 Å². The predicted octanol–water partition coefficient (Wildman–Crippen LogP) is 1.13. The van der Waals surface area contributed by atoms with E-state index in [4.69, 9.17) is 0 Å². The number of benzene rings is 1. The van der Waals surface area contributed by atoms with Crippen molar-refractivity contribution in [2.24, 2.45) is 14.1 Å². The largest absolute Gasteiger partial charge is 0.330 e. The van der Waals surface area contributed by atoms with Gasteiger partial charge in [0, 0.05) is 26.7 Å². The van der Waals surface area contributed by atoms with Crippen LogP contribution in [0.3, 0.4) is 0 Å². The molecule has 0 radical (unpaired) electrons. The second kappa shape index (κ2) is 5.52. The highest BCUT2D eigenvalue weighted by atomic mass is 16.2. The first-order valence-corrected chi connectivity index (χ1v) is 6.67. The van der Waals surface area contributed by atoms with Gasteiger partial charge in [-0.2, -0.15) is 0 Å². The Morgan fingerprint density at radius 2 is 1.81 bits per heavy atom. The van der Waals surface area contributed by atoms with Gasteiger partial charge in [0.15, 0.2) is 5.78 Å². The van der Waals surface area contributed by atoms with Crippen molar-refractivity contribution < 1.29 is 4.79 Å². The van der Waals surface area contributed by atoms with Gasteiger partial charge in [0.05, 0.1) is 5.56 Å². The van der Waals surface area contributed by atoms with Crippen LogP contribution in [-0.2, 0) is 20.5 Å². The predicted molar refractivity (Wildman–Crippen MR) is 80.9 cm³/mol. The molecule has 1 heterocycles. The minimum Gasteiger partial charge on any atom is -0.303 e. The molecule has 0 aliphatic carbocycles. The molecule has 0 unspecified atom stereocenters. The van der Waals surface area contributed by atoms with E-state index in [1.165, 1.54) is 24.9 Å². The Kier molecular flexibility index (Phi) is 3.93. The molecule has 110 valence electrons. The molecule has 0 amide bonds. The van der Waals surface area contributed by atoms with Gasteiger partial charge in [-0.15, -0.1) is 0 Å².